The third-order valence-corrected chi connectivity index (χ3v) is 6.23. The summed E-state index contributed by atoms with van der Waals surface area (Å²) in [4.78, 5) is 1.82. The summed E-state index contributed by atoms with van der Waals surface area (Å²) in [6, 6.07) is 2.42. The van der Waals surface area contributed by atoms with Crippen LogP contribution in [0.15, 0.2) is 17.0 Å². The monoisotopic (exact) mass is 374 g/mol. The lowest BCUT2D eigenvalue weighted by atomic mass is 10.3. The zero-order valence-electron chi connectivity index (χ0n) is 11.0. The number of hydrogen-bond donors (Lipinski definition) is 0. The zero-order chi connectivity index (χ0) is 15.6. The Bertz CT molecular complexity index is 619. The Labute approximate surface area is 138 Å². The normalized spacial score (nSPS) is 18.1. The van der Waals surface area contributed by atoms with Gasteiger partial charge in [0.25, 0.3) is 0 Å². The van der Waals surface area contributed by atoms with Gasteiger partial charge in [-0.1, -0.05) is 23.2 Å². The average molecular weight is 376 g/mol. The number of benzene rings is 1. The van der Waals surface area contributed by atoms with Gasteiger partial charge in [0, 0.05) is 38.6 Å². The Balaban J connectivity index is 2.22. The molecule has 0 bridgehead atoms. The van der Waals surface area contributed by atoms with Gasteiger partial charge in [-0.3, -0.25) is 4.90 Å². The minimum absolute atomic E-state index is 0.203. The van der Waals surface area contributed by atoms with Crippen LogP contribution in [0.3, 0.4) is 0 Å². The van der Waals surface area contributed by atoms with Gasteiger partial charge in [0.2, 0.25) is 10.0 Å². The van der Waals surface area contributed by atoms with Crippen LogP contribution in [0, 0.1) is 5.82 Å². The van der Waals surface area contributed by atoms with Gasteiger partial charge >= 0.3 is 0 Å². The summed E-state index contributed by atoms with van der Waals surface area (Å²) in [5.41, 5.74) is 0. The molecule has 0 N–H and O–H groups in total. The van der Waals surface area contributed by atoms with Crippen LogP contribution in [0.1, 0.15) is 0 Å². The summed E-state index contributed by atoms with van der Waals surface area (Å²) in [5.74, 6) is -0.416. The smallest absolute Gasteiger partial charge is 0.244 e. The SMILES string of the molecule is O=S(=O)(c1ccc(Cl)c(F)c1Cl)N1CCN(CCCl)CC1. The third kappa shape index (κ3) is 3.63. The van der Waals surface area contributed by atoms with Crippen molar-refractivity contribution in [3.05, 3.63) is 28.0 Å². The van der Waals surface area contributed by atoms with Crippen LogP contribution in [0.2, 0.25) is 10.0 Å². The molecular weight excluding hydrogens is 362 g/mol. The Kier molecular flexibility index (Phi) is 5.73. The maximum atomic E-state index is 13.7. The first kappa shape index (κ1) is 17.2. The fraction of sp³-hybridized carbons (Fsp3) is 0.500. The molecule has 1 fully saturated rings. The van der Waals surface area contributed by atoms with Gasteiger partial charge < -0.3 is 0 Å². The van der Waals surface area contributed by atoms with Crippen LogP contribution < -0.4 is 0 Å². The van der Waals surface area contributed by atoms with Crippen molar-refractivity contribution in [1.82, 2.24) is 9.21 Å². The maximum Gasteiger partial charge on any atom is 0.244 e. The lowest BCUT2D eigenvalue weighted by Crippen LogP contribution is -2.49. The molecule has 0 amide bonds. The van der Waals surface area contributed by atoms with Crippen molar-refractivity contribution in [3.8, 4) is 0 Å². The summed E-state index contributed by atoms with van der Waals surface area (Å²) in [7, 11) is -3.83. The molecule has 1 aliphatic rings. The first-order valence-electron chi connectivity index (χ1n) is 6.30. The number of sulfonamides is 1. The number of piperazine rings is 1. The predicted octanol–water partition coefficient (Wildman–Crippen LogP) is 2.68. The second-order valence-electron chi connectivity index (χ2n) is 4.61. The summed E-state index contributed by atoms with van der Waals surface area (Å²) in [6.45, 7) is 2.52. The molecule has 0 atom stereocenters. The molecule has 1 aliphatic heterocycles. The summed E-state index contributed by atoms with van der Waals surface area (Å²) in [5, 5.41) is -0.670. The molecule has 1 saturated heterocycles. The first-order chi connectivity index (χ1) is 9.87. The second-order valence-corrected chi connectivity index (χ2v) is 7.68. The number of rotatable bonds is 4. The molecule has 0 aliphatic carbocycles. The van der Waals surface area contributed by atoms with Crippen molar-refractivity contribution in [2.24, 2.45) is 0 Å². The van der Waals surface area contributed by atoms with E-state index in [0.29, 0.717) is 38.6 Å². The number of nitrogens with zero attached hydrogens (tertiary/aromatic N) is 2. The van der Waals surface area contributed by atoms with Crippen molar-refractivity contribution in [3.63, 3.8) is 0 Å². The molecule has 21 heavy (non-hydrogen) atoms. The van der Waals surface area contributed by atoms with Crippen LogP contribution in [0.4, 0.5) is 4.39 Å². The van der Waals surface area contributed by atoms with Crippen molar-refractivity contribution >= 4 is 44.8 Å². The lowest BCUT2D eigenvalue weighted by molar-refractivity contribution is 0.197. The standard InChI is InChI=1S/C12H14Cl3FN2O2S/c13-3-4-17-5-7-18(8-6-17)21(19,20)10-2-1-9(14)12(16)11(10)15/h1-2H,3-8H2. The van der Waals surface area contributed by atoms with Crippen molar-refractivity contribution in [2.45, 2.75) is 4.90 Å². The highest BCUT2D eigenvalue weighted by Gasteiger charge is 2.31. The molecular formula is C12H14Cl3FN2O2S. The Morgan fingerprint density at radius 3 is 2.33 bits per heavy atom. The summed E-state index contributed by atoms with van der Waals surface area (Å²) in [6.07, 6.45) is 0. The molecule has 2 rings (SSSR count). The third-order valence-electron chi connectivity index (χ3n) is 3.35. The molecule has 0 radical (unpaired) electrons. The second kappa shape index (κ2) is 6.98. The first-order valence-corrected chi connectivity index (χ1v) is 9.03. The Morgan fingerprint density at radius 2 is 1.76 bits per heavy atom. The van der Waals surface area contributed by atoms with Crippen molar-refractivity contribution in [1.29, 1.82) is 0 Å². The molecule has 0 unspecified atom stereocenters. The predicted molar refractivity (Wildman–Crippen MR) is 82.3 cm³/mol. The van der Waals surface area contributed by atoms with E-state index in [-0.39, 0.29) is 9.92 Å². The summed E-state index contributed by atoms with van der Waals surface area (Å²) < 4.78 is 40.0. The van der Waals surface area contributed by atoms with E-state index in [2.05, 4.69) is 4.90 Å². The van der Waals surface area contributed by atoms with Gasteiger partial charge in [0.05, 0.1) is 10.0 Å². The van der Waals surface area contributed by atoms with Crippen LogP contribution in [-0.2, 0) is 10.0 Å². The van der Waals surface area contributed by atoms with Gasteiger partial charge in [-0.05, 0) is 12.1 Å². The topological polar surface area (TPSA) is 40.6 Å². The fourth-order valence-electron chi connectivity index (χ4n) is 2.16. The van der Waals surface area contributed by atoms with E-state index < -0.39 is 20.9 Å². The molecule has 1 aromatic carbocycles. The fourth-order valence-corrected chi connectivity index (χ4v) is 4.54. The molecule has 1 heterocycles. The number of halogens is 4. The number of alkyl halides is 1. The van der Waals surface area contributed by atoms with E-state index in [1.165, 1.54) is 16.4 Å². The molecule has 0 saturated carbocycles. The highest BCUT2D eigenvalue weighted by molar-refractivity contribution is 7.89. The van der Waals surface area contributed by atoms with E-state index in [1.807, 2.05) is 0 Å². The van der Waals surface area contributed by atoms with Crippen LogP contribution >= 0.6 is 34.8 Å². The molecule has 0 aromatic heterocycles. The molecule has 9 heteroatoms. The van der Waals surface area contributed by atoms with E-state index in [1.54, 1.807) is 0 Å². The minimum Gasteiger partial charge on any atom is -0.300 e. The van der Waals surface area contributed by atoms with E-state index in [0.717, 1.165) is 0 Å². The molecule has 118 valence electrons. The Morgan fingerprint density at radius 1 is 1.14 bits per heavy atom. The van der Waals surface area contributed by atoms with Gasteiger partial charge in [0.1, 0.15) is 4.90 Å². The molecule has 1 aromatic rings. The zero-order valence-corrected chi connectivity index (χ0v) is 14.1. The van der Waals surface area contributed by atoms with E-state index >= 15 is 0 Å². The van der Waals surface area contributed by atoms with Gasteiger partial charge in [-0.25, -0.2) is 12.8 Å². The molecule has 0 spiro atoms. The largest absolute Gasteiger partial charge is 0.300 e. The van der Waals surface area contributed by atoms with Crippen LogP contribution in [-0.4, -0.2) is 56.2 Å². The van der Waals surface area contributed by atoms with Crippen LogP contribution in [0.5, 0.6) is 0 Å². The van der Waals surface area contributed by atoms with Gasteiger partial charge in [-0.2, -0.15) is 4.31 Å². The van der Waals surface area contributed by atoms with Gasteiger partial charge in [0.15, 0.2) is 5.82 Å². The lowest BCUT2D eigenvalue weighted by Gasteiger charge is -2.33. The Hall–Kier alpha value is -0.110. The van der Waals surface area contributed by atoms with Gasteiger partial charge in [-0.15, -0.1) is 11.6 Å². The number of hydrogen-bond acceptors (Lipinski definition) is 3. The van der Waals surface area contributed by atoms with Crippen LogP contribution in [0.25, 0.3) is 0 Å². The highest BCUT2D eigenvalue weighted by atomic mass is 35.5. The van der Waals surface area contributed by atoms with E-state index in [9.17, 15) is 12.8 Å². The van der Waals surface area contributed by atoms with Crippen molar-refractivity contribution < 1.29 is 12.8 Å². The van der Waals surface area contributed by atoms with Crippen molar-refractivity contribution in [2.75, 3.05) is 38.6 Å². The quantitative estimate of drug-likeness (QED) is 0.600. The summed E-state index contributed by atoms with van der Waals surface area (Å²) >= 11 is 17.0. The minimum atomic E-state index is -3.83. The van der Waals surface area contributed by atoms with E-state index in [4.69, 9.17) is 34.8 Å². The maximum absolute atomic E-state index is 13.7. The molecule has 4 nitrogen and oxygen atoms in total. The average Bonchev–Trinajstić information content (AvgIpc) is 2.45. The highest BCUT2D eigenvalue weighted by Crippen LogP contribution is 2.31.